The van der Waals surface area contributed by atoms with Crippen molar-refractivity contribution in [2.24, 2.45) is 0 Å². The molecule has 3 heterocycles. The Labute approximate surface area is 194 Å². The van der Waals surface area contributed by atoms with E-state index in [4.69, 9.17) is 16.3 Å². The number of ether oxygens (including phenoxy) is 1. The third kappa shape index (κ3) is 4.41. The van der Waals surface area contributed by atoms with Gasteiger partial charge in [0, 0.05) is 29.9 Å². The number of methoxy groups -OCH3 is 1. The standard InChI is InChI=1S/C23H23ClFN5O3/c1-4-19-22-14(8-20(31)28-29-22)7-12(2)30(19)23(32)27-18-11-16(24)15(10-17(18)25)13-5-6-26-21(9-13)33-3/h5-6,8-12,19H,4,7H2,1-3H3,(H,27,32)(H,28,31). The second-order valence-electron chi connectivity index (χ2n) is 7.86. The van der Waals surface area contributed by atoms with Crippen molar-refractivity contribution in [3.63, 3.8) is 0 Å². The van der Waals surface area contributed by atoms with E-state index in [2.05, 4.69) is 20.5 Å². The minimum absolute atomic E-state index is 0.0305. The van der Waals surface area contributed by atoms with E-state index in [1.54, 1.807) is 23.2 Å². The van der Waals surface area contributed by atoms with Crippen LogP contribution in [0.5, 0.6) is 5.88 Å². The Hall–Kier alpha value is -3.46. The van der Waals surface area contributed by atoms with E-state index >= 15 is 0 Å². The Morgan fingerprint density at radius 1 is 1.36 bits per heavy atom. The number of urea groups is 1. The highest BCUT2D eigenvalue weighted by molar-refractivity contribution is 6.33. The lowest BCUT2D eigenvalue weighted by molar-refractivity contribution is 0.145. The minimum Gasteiger partial charge on any atom is -0.481 e. The van der Waals surface area contributed by atoms with E-state index in [-0.39, 0.29) is 28.4 Å². The number of hydrogen-bond acceptors (Lipinski definition) is 5. The molecule has 0 saturated heterocycles. The average Bonchev–Trinajstić information content (AvgIpc) is 2.79. The summed E-state index contributed by atoms with van der Waals surface area (Å²) in [6.45, 7) is 3.81. The maximum atomic E-state index is 15.0. The molecule has 0 spiro atoms. The Morgan fingerprint density at radius 3 is 2.88 bits per heavy atom. The number of H-pyrrole nitrogens is 1. The number of rotatable bonds is 4. The zero-order chi connectivity index (χ0) is 23.7. The van der Waals surface area contributed by atoms with Crippen LogP contribution in [-0.4, -0.2) is 39.3 Å². The predicted octanol–water partition coefficient (Wildman–Crippen LogP) is 4.56. The van der Waals surface area contributed by atoms with E-state index < -0.39 is 11.8 Å². The SMILES string of the molecule is CCC1c2n[nH]c(=O)cc2CC(C)N1C(=O)Nc1cc(Cl)c(-c2ccnc(OC)c2)cc1F. The van der Waals surface area contributed by atoms with Gasteiger partial charge in [-0.15, -0.1) is 0 Å². The first-order valence-electron chi connectivity index (χ1n) is 10.5. The van der Waals surface area contributed by atoms with Crippen LogP contribution in [0, 0.1) is 5.82 Å². The van der Waals surface area contributed by atoms with Gasteiger partial charge in [0.1, 0.15) is 5.82 Å². The van der Waals surface area contributed by atoms with Crippen molar-refractivity contribution >= 4 is 23.3 Å². The van der Waals surface area contributed by atoms with Crippen LogP contribution in [0.3, 0.4) is 0 Å². The zero-order valence-corrected chi connectivity index (χ0v) is 19.1. The van der Waals surface area contributed by atoms with Gasteiger partial charge in [-0.2, -0.15) is 5.10 Å². The first-order valence-corrected chi connectivity index (χ1v) is 10.9. The highest BCUT2D eigenvalue weighted by Crippen LogP contribution is 2.36. The fourth-order valence-corrected chi connectivity index (χ4v) is 4.50. The molecular weight excluding hydrogens is 449 g/mol. The van der Waals surface area contributed by atoms with Crippen LogP contribution in [-0.2, 0) is 6.42 Å². The summed E-state index contributed by atoms with van der Waals surface area (Å²) in [6, 6.07) is 6.47. The van der Waals surface area contributed by atoms with Gasteiger partial charge in [0.25, 0.3) is 5.56 Å². The molecule has 2 N–H and O–H groups in total. The molecule has 0 radical (unpaired) electrons. The number of pyridine rings is 1. The van der Waals surface area contributed by atoms with Gasteiger partial charge < -0.3 is 15.0 Å². The Morgan fingerprint density at radius 2 is 2.15 bits per heavy atom. The highest BCUT2D eigenvalue weighted by Gasteiger charge is 2.36. The van der Waals surface area contributed by atoms with Crippen LogP contribution in [0.15, 0.2) is 41.3 Å². The number of benzene rings is 1. The van der Waals surface area contributed by atoms with Crippen molar-refractivity contribution in [1.29, 1.82) is 0 Å². The molecule has 0 fully saturated rings. The summed E-state index contributed by atoms with van der Waals surface area (Å²) in [6.07, 6.45) is 2.60. The molecule has 1 aliphatic heterocycles. The molecule has 4 rings (SSSR count). The van der Waals surface area contributed by atoms with E-state index in [9.17, 15) is 14.0 Å². The number of halogens is 2. The van der Waals surface area contributed by atoms with Crippen LogP contribution < -0.4 is 15.6 Å². The number of nitrogens with zero attached hydrogens (tertiary/aromatic N) is 3. The molecule has 0 aliphatic carbocycles. The molecule has 2 amide bonds. The van der Waals surface area contributed by atoms with Gasteiger partial charge >= 0.3 is 6.03 Å². The van der Waals surface area contributed by atoms with Crippen LogP contribution in [0.25, 0.3) is 11.1 Å². The molecule has 2 atom stereocenters. The van der Waals surface area contributed by atoms with E-state index in [1.165, 1.54) is 25.3 Å². The second kappa shape index (κ2) is 9.19. The van der Waals surface area contributed by atoms with Gasteiger partial charge in [-0.25, -0.2) is 19.3 Å². The molecule has 0 saturated carbocycles. The fraction of sp³-hybridized carbons (Fsp3) is 0.304. The molecule has 3 aromatic rings. The lowest BCUT2D eigenvalue weighted by Crippen LogP contribution is -2.48. The topological polar surface area (TPSA) is 100 Å². The van der Waals surface area contributed by atoms with Crippen LogP contribution >= 0.6 is 11.6 Å². The van der Waals surface area contributed by atoms with Crippen molar-refractivity contribution in [3.05, 3.63) is 69.0 Å². The normalized spacial score (nSPS) is 17.4. The zero-order valence-electron chi connectivity index (χ0n) is 18.4. The Balaban J connectivity index is 1.62. The number of carbonyl (C=O) groups excluding carboxylic acids is 1. The smallest absolute Gasteiger partial charge is 0.322 e. The molecule has 10 heteroatoms. The summed E-state index contributed by atoms with van der Waals surface area (Å²) in [5.74, 6) is -0.250. The number of anilines is 1. The highest BCUT2D eigenvalue weighted by atomic mass is 35.5. The summed E-state index contributed by atoms with van der Waals surface area (Å²) < 4.78 is 20.1. The van der Waals surface area contributed by atoms with Gasteiger partial charge in [-0.1, -0.05) is 18.5 Å². The summed E-state index contributed by atoms with van der Waals surface area (Å²) >= 11 is 6.43. The predicted molar refractivity (Wildman–Crippen MR) is 123 cm³/mol. The third-order valence-electron chi connectivity index (χ3n) is 5.74. The number of nitrogens with one attached hydrogen (secondary N) is 2. The number of aromatic nitrogens is 3. The van der Waals surface area contributed by atoms with Gasteiger partial charge in [0.2, 0.25) is 5.88 Å². The van der Waals surface area contributed by atoms with Crippen LogP contribution in [0.1, 0.15) is 37.6 Å². The first-order chi connectivity index (χ1) is 15.8. The first kappa shape index (κ1) is 22.7. The minimum atomic E-state index is -0.626. The number of carbonyl (C=O) groups is 1. The molecule has 8 nitrogen and oxygen atoms in total. The summed E-state index contributed by atoms with van der Waals surface area (Å²) in [4.78, 5) is 30.5. The third-order valence-corrected chi connectivity index (χ3v) is 6.05. The summed E-state index contributed by atoms with van der Waals surface area (Å²) in [7, 11) is 1.49. The summed E-state index contributed by atoms with van der Waals surface area (Å²) in [5, 5.41) is 9.52. The van der Waals surface area contributed by atoms with Crippen LogP contribution in [0.4, 0.5) is 14.9 Å². The van der Waals surface area contributed by atoms with Crippen LogP contribution in [0.2, 0.25) is 5.02 Å². The molecule has 1 aromatic carbocycles. The largest absolute Gasteiger partial charge is 0.481 e. The number of aromatic amines is 1. The monoisotopic (exact) mass is 471 g/mol. The number of hydrogen-bond donors (Lipinski definition) is 2. The Bertz CT molecular complexity index is 1270. The lowest BCUT2D eigenvalue weighted by atomic mass is 9.92. The Kier molecular flexibility index (Phi) is 6.33. The van der Waals surface area contributed by atoms with Crippen molar-refractivity contribution in [2.75, 3.05) is 12.4 Å². The van der Waals surface area contributed by atoms with E-state index in [0.717, 1.165) is 5.56 Å². The lowest BCUT2D eigenvalue weighted by Gasteiger charge is -2.40. The van der Waals surface area contributed by atoms with Gasteiger partial charge in [-0.05, 0) is 49.1 Å². The molecule has 2 unspecified atom stereocenters. The van der Waals surface area contributed by atoms with Crippen molar-refractivity contribution in [3.8, 4) is 17.0 Å². The van der Waals surface area contributed by atoms with Crippen molar-refractivity contribution < 1.29 is 13.9 Å². The van der Waals surface area contributed by atoms with Gasteiger partial charge in [0.15, 0.2) is 0 Å². The maximum absolute atomic E-state index is 15.0. The quantitative estimate of drug-likeness (QED) is 0.581. The van der Waals surface area contributed by atoms with E-state index in [1.807, 2.05) is 13.8 Å². The number of fused-ring (bicyclic) bond motifs is 1. The molecular formula is C23H23ClFN5O3. The molecule has 172 valence electrons. The molecule has 33 heavy (non-hydrogen) atoms. The van der Waals surface area contributed by atoms with Gasteiger partial charge in [-0.3, -0.25) is 4.79 Å². The second-order valence-corrected chi connectivity index (χ2v) is 8.26. The van der Waals surface area contributed by atoms with Crippen molar-refractivity contribution in [2.45, 2.75) is 38.8 Å². The summed E-state index contributed by atoms with van der Waals surface area (Å²) in [5.41, 5.74) is 2.23. The van der Waals surface area contributed by atoms with Gasteiger partial charge in [0.05, 0.1) is 29.6 Å². The number of amides is 2. The molecule has 2 aromatic heterocycles. The van der Waals surface area contributed by atoms with E-state index in [0.29, 0.717) is 35.5 Å². The van der Waals surface area contributed by atoms with Crippen molar-refractivity contribution in [1.82, 2.24) is 20.1 Å². The maximum Gasteiger partial charge on any atom is 0.322 e. The molecule has 0 bridgehead atoms. The average molecular weight is 472 g/mol. The molecule has 1 aliphatic rings. The fourth-order valence-electron chi connectivity index (χ4n) is 4.22.